The zero-order valence-corrected chi connectivity index (χ0v) is 10.7. The molecule has 2 unspecified atom stereocenters. The minimum Gasteiger partial charge on any atom is -0.465 e. The third kappa shape index (κ3) is 5.02. The van der Waals surface area contributed by atoms with Crippen LogP contribution in [-0.4, -0.2) is 44.0 Å². The summed E-state index contributed by atoms with van der Waals surface area (Å²) in [5.41, 5.74) is 4.89. The van der Waals surface area contributed by atoms with E-state index in [-0.39, 0.29) is 12.1 Å². The van der Waals surface area contributed by atoms with Crippen LogP contribution in [0.4, 0.5) is 0 Å². The number of rotatable bonds is 7. The predicted molar refractivity (Wildman–Crippen MR) is 63.6 cm³/mol. The van der Waals surface area contributed by atoms with Gasteiger partial charge in [-0.25, -0.2) is 0 Å². The van der Waals surface area contributed by atoms with Gasteiger partial charge in [0.05, 0.1) is 19.3 Å². The van der Waals surface area contributed by atoms with E-state index < -0.39 is 5.54 Å². The topological polar surface area (TPSA) is 70.8 Å². The summed E-state index contributed by atoms with van der Waals surface area (Å²) >= 11 is 0. The van der Waals surface area contributed by atoms with Gasteiger partial charge in [-0.3, -0.25) is 4.79 Å². The van der Waals surface area contributed by atoms with Crippen LogP contribution in [0.3, 0.4) is 0 Å². The van der Waals surface area contributed by atoms with E-state index in [2.05, 4.69) is 0 Å². The Morgan fingerprint density at radius 2 is 2.35 bits per heavy atom. The summed E-state index contributed by atoms with van der Waals surface area (Å²) in [5.74, 6) is -0.374. The Labute approximate surface area is 103 Å². The smallest absolute Gasteiger partial charge is 0.325 e. The maximum Gasteiger partial charge on any atom is 0.325 e. The van der Waals surface area contributed by atoms with Crippen LogP contribution in [0.25, 0.3) is 0 Å². The van der Waals surface area contributed by atoms with Crippen molar-refractivity contribution in [1.82, 2.24) is 0 Å². The summed E-state index contributed by atoms with van der Waals surface area (Å²) in [6.45, 7) is 5.64. The normalized spacial score (nSPS) is 23.4. The van der Waals surface area contributed by atoms with Gasteiger partial charge in [0.1, 0.15) is 5.54 Å². The van der Waals surface area contributed by atoms with Crippen molar-refractivity contribution in [2.75, 3.05) is 26.4 Å². The average Bonchev–Trinajstić information content (AvgIpc) is 2.77. The summed E-state index contributed by atoms with van der Waals surface area (Å²) in [5, 5.41) is 0. The van der Waals surface area contributed by atoms with Gasteiger partial charge in [-0.15, -0.1) is 0 Å². The van der Waals surface area contributed by atoms with Crippen LogP contribution in [-0.2, 0) is 19.0 Å². The molecule has 1 rings (SSSR count). The Bertz CT molecular complexity index is 237. The minimum absolute atomic E-state index is 0.210. The summed E-state index contributed by atoms with van der Waals surface area (Å²) in [6.07, 6.45) is 2.82. The average molecular weight is 245 g/mol. The molecule has 0 aliphatic carbocycles. The second kappa shape index (κ2) is 6.93. The molecule has 0 aromatic heterocycles. The second-order valence-electron chi connectivity index (χ2n) is 4.60. The molecule has 5 nitrogen and oxygen atoms in total. The first kappa shape index (κ1) is 14.4. The number of nitrogens with two attached hydrogens (primary N) is 1. The van der Waals surface area contributed by atoms with Crippen LogP contribution in [0.15, 0.2) is 0 Å². The van der Waals surface area contributed by atoms with E-state index >= 15 is 0 Å². The van der Waals surface area contributed by atoms with Crippen LogP contribution < -0.4 is 5.73 Å². The van der Waals surface area contributed by atoms with Crippen LogP contribution in [0.5, 0.6) is 0 Å². The largest absolute Gasteiger partial charge is 0.465 e. The highest BCUT2D eigenvalue weighted by Crippen LogP contribution is 2.13. The molecule has 0 bridgehead atoms. The van der Waals surface area contributed by atoms with Gasteiger partial charge in [-0.05, 0) is 33.1 Å². The van der Waals surface area contributed by atoms with Gasteiger partial charge in [0.2, 0.25) is 0 Å². The predicted octanol–water partition coefficient (Wildman–Crippen LogP) is 0.853. The maximum atomic E-state index is 11.5. The van der Waals surface area contributed by atoms with Gasteiger partial charge in [0.25, 0.3) is 0 Å². The first-order valence-electron chi connectivity index (χ1n) is 6.21. The molecule has 0 aromatic carbocycles. The molecule has 1 fully saturated rings. The van der Waals surface area contributed by atoms with Crippen molar-refractivity contribution in [3.8, 4) is 0 Å². The van der Waals surface area contributed by atoms with Gasteiger partial charge < -0.3 is 19.9 Å². The van der Waals surface area contributed by atoms with Gasteiger partial charge in [-0.1, -0.05) is 0 Å². The molecule has 0 radical (unpaired) electrons. The van der Waals surface area contributed by atoms with Crippen molar-refractivity contribution in [1.29, 1.82) is 0 Å². The maximum absolute atomic E-state index is 11.5. The Hall–Kier alpha value is -0.650. The third-order valence-electron chi connectivity index (χ3n) is 2.84. The van der Waals surface area contributed by atoms with E-state index in [1.807, 2.05) is 0 Å². The van der Waals surface area contributed by atoms with Gasteiger partial charge >= 0.3 is 5.97 Å². The summed E-state index contributed by atoms with van der Waals surface area (Å²) in [7, 11) is 0. The molecule has 1 saturated heterocycles. The minimum atomic E-state index is -0.966. The number of hydrogen-bond acceptors (Lipinski definition) is 5. The highest BCUT2D eigenvalue weighted by Gasteiger charge is 2.29. The standard InChI is InChI=1S/C12H23NO4/c1-3-16-11(14)12(2,13)6-8-15-9-10-5-4-7-17-10/h10H,3-9,13H2,1-2H3. The number of carbonyl (C=O) groups excluding carboxylic acids is 1. The molecule has 0 spiro atoms. The van der Waals surface area contributed by atoms with E-state index in [1.165, 1.54) is 0 Å². The molecule has 5 heteroatoms. The van der Waals surface area contributed by atoms with Crippen LogP contribution in [0.2, 0.25) is 0 Å². The fraction of sp³-hybridized carbons (Fsp3) is 0.917. The van der Waals surface area contributed by atoms with E-state index in [4.69, 9.17) is 19.9 Å². The van der Waals surface area contributed by atoms with Crippen molar-refractivity contribution in [3.63, 3.8) is 0 Å². The quantitative estimate of drug-likeness (QED) is 0.532. The van der Waals surface area contributed by atoms with Crippen LogP contribution in [0, 0.1) is 0 Å². The number of carbonyl (C=O) groups is 1. The number of hydrogen-bond donors (Lipinski definition) is 1. The fourth-order valence-electron chi connectivity index (χ4n) is 1.67. The molecule has 0 aromatic rings. The molecule has 1 aliphatic rings. The molecule has 17 heavy (non-hydrogen) atoms. The molecule has 100 valence electrons. The lowest BCUT2D eigenvalue weighted by molar-refractivity contribution is -0.149. The molecular formula is C12H23NO4. The fourth-order valence-corrected chi connectivity index (χ4v) is 1.67. The van der Waals surface area contributed by atoms with E-state index in [0.717, 1.165) is 19.4 Å². The number of esters is 1. The van der Waals surface area contributed by atoms with Crippen molar-refractivity contribution in [2.24, 2.45) is 5.73 Å². The zero-order chi connectivity index (χ0) is 12.7. The Morgan fingerprint density at radius 3 is 2.94 bits per heavy atom. The Kier molecular flexibility index (Phi) is 5.88. The highest BCUT2D eigenvalue weighted by atomic mass is 16.5. The molecule has 0 amide bonds. The Balaban J connectivity index is 2.13. The molecule has 2 N–H and O–H groups in total. The lowest BCUT2D eigenvalue weighted by Gasteiger charge is -2.22. The lowest BCUT2D eigenvalue weighted by atomic mass is 10.0. The van der Waals surface area contributed by atoms with E-state index in [0.29, 0.717) is 26.2 Å². The summed E-state index contributed by atoms with van der Waals surface area (Å²) in [4.78, 5) is 11.5. The first-order valence-corrected chi connectivity index (χ1v) is 6.21. The second-order valence-corrected chi connectivity index (χ2v) is 4.60. The summed E-state index contributed by atoms with van der Waals surface area (Å²) < 4.78 is 15.8. The molecule has 1 aliphatic heterocycles. The van der Waals surface area contributed by atoms with Crippen LogP contribution in [0.1, 0.15) is 33.1 Å². The SMILES string of the molecule is CCOC(=O)C(C)(N)CCOCC1CCCO1. The van der Waals surface area contributed by atoms with Crippen molar-refractivity contribution in [2.45, 2.75) is 44.8 Å². The molecule has 1 heterocycles. The van der Waals surface area contributed by atoms with E-state index in [1.54, 1.807) is 13.8 Å². The monoisotopic (exact) mass is 245 g/mol. The first-order chi connectivity index (χ1) is 8.06. The lowest BCUT2D eigenvalue weighted by Crippen LogP contribution is -2.47. The van der Waals surface area contributed by atoms with Gasteiger partial charge in [0, 0.05) is 13.2 Å². The molecule has 0 saturated carbocycles. The number of ether oxygens (including phenoxy) is 3. The van der Waals surface area contributed by atoms with Crippen molar-refractivity contribution in [3.05, 3.63) is 0 Å². The van der Waals surface area contributed by atoms with Gasteiger partial charge in [0.15, 0.2) is 0 Å². The van der Waals surface area contributed by atoms with Crippen LogP contribution >= 0.6 is 0 Å². The summed E-state index contributed by atoms with van der Waals surface area (Å²) in [6, 6.07) is 0. The zero-order valence-electron chi connectivity index (χ0n) is 10.7. The van der Waals surface area contributed by atoms with Crippen molar-refractivity contribution < 1.29 is 19.0 Å². The highest BCUT2D eigenvalue weighted by molar-refractivity contribution is 5.79. The van der Waals surface area contributed by atoms with E-state index in [9.17, 15) is 4.79 Å². The van der Waals surface area contributed by atoms with Crippen molar-refractivity contribution >= 4 is 5.97 Å². The molecular weight excluding hydrogens is 222 g/mol. The Morgan fingerprint density at radius 1 is 1.59 bits per heavy atom. The van der Waals surface area contributed by atoms with Gasteiger partial charge in [-0.2, -0.15) is 0 Å². The third-order valence-corrected chi connectivity index (χ3v) is 2.84. The molecule has 2 atom stereocenters.